The number of anilines is 1. The number of rotatable bonds is 2. The molecule has 0 unspecified atom stereocenters. The van der Waals surface area contributed by atoms with Gasteiger partial charge in [-0.2, -0.15) is 8.75 Å². The largest absolute Gasteiger partial charge is 0.381 e. The standard InChI is InChI=1S/C17H13N3O2S/c1-8(2)18-12-7-11-13(15-14(12)19-23-20-15)17(22)10-6-4-3-5-9(10)16(11)21/h3-8,18H,1-2H3. The van der Waals surface area contributed by atoms with Crippen molar-refractivity contribution < 1.29 is 9.59 Å². The first-order valence-electron chi connectivity index (χ1n) is 7.32. The number of carbonyl (C=O) groups excluding carboxylic acids is 2. The van der Waals surface area contributed by atoms with E-state index in [1.165, 1.54) is 0 Å². The maximum Gasteiger partial charge on any atom is 0.196 e. The van der Waals surface area contributed by atoms with Crippen LogP contribution < -0.4 is 5.32 Å². The third kappa shape index (κ3) is 1.98. The van der Waals surface area contributed by atoms with Gasteiger partial charge in [0.2, 0.25) is 0 Å². The number of nitrogens with one attached hydrogen (secondary N) is 1. The third-order valence-corrected chi connectivity index (χ3v) is 4.40. The molecule has 4 rings (SSSR count). The number of carbonyl (C=O) groups is 2. The van der Waals surface area contributed by atoms with E-state index in [1.807, 2.05) is 13.8 Å². The second-order valence-corrected chi connectivity index (χ2v) is 6.34. The zero-order valence-electron chi connectivity index (χ0n) is 12.6. The summed E-state index contributed by atoms with van der Waals surface area (Å²) in [6, 6.07) is 8.82. The van der Waals surface area contributed by atoms with Crippen molar-refractivity contribution in [3.63, 3.8) is 0 Å². The highest BCUT2D eigenvalue weighted by Crippen LogP contribution is 2.35. The minimum Gasteiger partial charge on any atom is -0.381 e. The topological polar surface area (TPSA) is 72.0 Å². The minimum absolute atomic E-state index is 0.142. The molecule has 0 bridgehead atoms. The van der Waals surface area contributed by atoms with Gasteiger partial charge in [-0.1, -0.05) is 24.3 Å². The normalized spacial score (nSPS) is 13.3. The molecule has 2 aromatic carbocycles. The highest BCUT2D eigenvalue weighted by Gasteiger charge is 2.33. The summed E-state index contributed by atoms with van der Waals surface area (Å²) < 4.78 is 8.58. The first-order valence-corrected chi connectivity index (χ1v) is 8.05. The van der Waals surface area contributed by atoms with Crippen molar-refractivity contribution in [1.82, 2.24) is 8.75 Å². The van der Waals surface area contributed by atoms with E-state index in [2.05, 4.69) is 14.1 Å². The van der Waals surface area contributed by atoms with Crippen LogP contribution in [0.25, 0.3) is 11.0 Å². The molecular weight excluding hydrogens is 310 g/mol. The van der Waals surface area contributed by atoms with Crippen LogP contribution in [-0.4, -0.2) is 26.4 Å². The molecule has 1 aliphatic rings. The van der Waals surface area contributed by atoms with Gasteiger partial charge in [0.15, 0.2) is 11.6 Å². The molecule has 5 nitrogen and oxygen atoms in total. The molecule has 3 aromatic rings. The number of ketones is 2. The molecule has 0 aliphatic heterocycles. The molecule has 1 aromatic heterocycles. The fourth-order valence-corrected chi connectivity index (χ4v) is 3.50. The average molecular weight is 323 g/mol. The van der Waals surface area contributed by atoms with Crippen LogP contribution in [0.15, 0.2) is 30.3 Å². The van der Waals surface area contributed by atoms with Crippen LogP contribution in [0.1, 0.15) is 45.7 Å². The number of aromatic nitrogens is 2. The Morgan fingerprint density at radius 1 is 0.957 bits per heavy atom. The molecule has 0 amide bonds. The number of hydrogen-bond donors (Lipinski definition) is 1. The van der Waals surface area contributed by atoms with E-state index in [9.17, 15) is 9.59 Å². The predicted molar refractivity (Wildman–Crippen MR) is 89.5 cm³/mol. The highest BCUT2D eigenvalue weighted by atomic mass is 32.1. The van der Waals surface area contributed by atoms with Crippen molar-refractivity contribution in [1.29, 1.82) is 0 Å². The zero-order chi connectivity index (χ0) is 16.1. The van der Waals surface area contributed by atoms with E-state index in [-0.39, 0.29) is 17.6 Å². The summed E-state index contributed by atoms with van der Waals surface area (Å²) in [5, 5.41) is 3.28. The summed E-state index contributed by atoms with van der Waals surface area (Å²) in [5.41, 5.74) is 3.53. The molecule has 114 valence electrons. The first-order chi connectivity index (χ1) is 11.1. The Kier molecular flexibility index (Phi) is 3.02. The van der Waals surface area contributed by atoms with Crippen LogP contribution in [-0.2, 0) is 0 Å². The average Bonchev–Trinajstić information content (AvgIpc) is 3.01. The van der Waals surface area contributed by atoms with Crippen LogP contribution in [0.4, 0.5) is 5.69 Å². The molecule has 0 atom stereocenters. The van der Waals surface area contributed by atoms with Gasteiger partial charge in [-0.05, 0) is 19.9 Å². The lowest BCUT2D eigenvalue weighted by Gasteiger charge is -2.19. The SMILES string of the molecule is CC(C)Nc1cc2c(c3nsnc13)C(=O)c1ccccc1C2=O. The molecule has 0 fully saturated rings. The second-order valence-electron chi connectivity index (χ2n) is 5.81. The Labute approximate surface area is 136 Å². The second kappa shape index (κ2) is 4.96. The van der Waals surface area contributed by atoms with E-state index in [0.717, 1.165) is 17.4 Å². The van der Waals surface area contributed by atoms with E-state index >= 15 is 0 Å². The minimum atomic E-state index is -0.163. The molecule has 1 aliphatic carbocycles. The maximum atomic E-state index is 12.9. The van der Waals surface area contributed by atoms with E-state index in [0.29, 0.717) is 33.3 Å². The van der Waals surface area contributed by atoms with Crippen molar-refractivity contribution in [2.45, 2.75) is 19.9 Å². The Balaban J connectivity index is 2.05. The van der Waals surface area contributed by atoms with Crippen LogP contribution in [0.5, 0.6) is 0 Å². The van der Waals surface area contributed by atoms with Gasteiger partial charge in [-0.25, -0.2) is 0 Å². The summed E-state index contributed by atoms with van der Waals surface area (Å²) in [7, 11) is 0. The monoisotopic (exact) mass is 323 g/mol. The lowest BCUT2D eigenvalue weighted by atomic mass is 9.83. The van der Waals surface area contributed by atoms with Gasteiger partial charge in [-0.15, -0.1) is 0 Å². The van der Waals surface area contributed by atoms with Crippen molar-refractivity contribution >= 4 is 40.0 Å². The third-order valence-electron chi connectivity index (χ3n) is 3.87. The quantitative estimate of drug-likeness (QED) is 0.613. The Morgan fingerprint density at radius 2 is 1.61 bits per heavy atom. The van der Waals surface area contributed by atoms with Crippen molar-refractivity contribution in [2.24, 2.45) is 0 Å². The number of hydrogen-bond acceptors (Lipinski definition) is 6. The lowest BCUT2D eigenvalue weighted by Crippen LogP contribution is -2.22. The first kappa shape index (κ1) is 14.0. The van der Waals surface area contributed by atoms with E-state index in [1.54, 1.807) is 30.3 Å². The predicted octanol–water partition coefficient (Wildman–Crippen LogP) is 3.29. The van der Waals surface area contributed by atoms with Crippen molar-refractivity contribution in [3.05, 3.63) is 52.6 Å². The van der Waals surface area contributed by atoms with Crippen molar-refractivity contribution in [3.8, 4) is 0 Å². The van der Waals surface area contributed by atoms with E-state index in [4.69, 9.17) is 0 Å². The summed E-state index contributed by atoms with van der Waals surface area (Å²) in [6.45, 7) is 4.01. The van der Waals surface area contributed by atoms with Gasteiger partial charge >= 0.3 is 0 Å². The van der Waals surface area contributed by atoms with Crippen molar-refractivity contribution in [2.75, 3.05) is 5.32 Å². The van der Waals surface area contributed by atoms with Gasteiger partial charge in [-0.3, -0.25) is 9.59 Å². The van der Waals surface area contributed by atoms with Gasteiger partial charge in [0.05, 0.1) is 23.0 Å². The Hall–Kier alpha value is -2.60. The summed E-state index contributed by atoms with van der Waals surface area (Å²) in [5.74, 6) is -0.305. The van der Waals surface area contributed by atoms with Gasteiger partial charge in [0, 0.05) is 22.7 Å². The van der Waals surface area contributed by atoms with Crippen LogP contribution >= 0.6 is 11.7 Å². The highest BCUT2D eigenvalue weighted by molar-refractivity contribution is 7.00. The van der Waals surface area contributed by atoms with Crippen LogP contribution in [0, 0.1) is 0 Å². The number of fused-ring (bicyclic) bond motifs is 4. The van der Waals surface area contributed by atoms with Crippen LogP contribution in [0.2, 0.25) is 0 Å². The molecule has 0 saturated carbocycles. The molecule has 23 heavy (non-hydrogen) atoms. The number of nitrogens with zero attached hydrogens (tertiary/aromatic N) is 2. The molecule has 0 radical (unpaired) electrons. The summed E-state index contributed by atoms with van der Waals surface area (Å²) in [4.78, 5) is 25.7. The molecule has 1 heterocycles. The Morgan fingerprint density at radius 3 is 2.30 bits per heavy atom. The number of benzene rings is 2. The lowest BCUT2D eigenvalue weighted by molar-refractivity contribution is 0.0980. The van der Waals surface area contributed by atoms with Crippen LogP contribution in [0.3, 0.4) is 0 Å². The molecular formula is C17H13N3O2S. The molecule has 0 spiro atoms. The fraction of sp³-hybridized carbons (Fsp3) is 0.176. The summed E-state index contributed by atoms with van der Waals surface area (Å²) >= 11 is 1.05. The summed E-state index contributed by atoms with van der Waals surface area (Å²) in [6.07, 6.45) is 0. The molecule has 0 saturated heterocycles. The fourth-order valence-electron chi connectivity index (χ4n) is 2.93. The molecule has 6 heteroatoms. The smallest absolute Gasteiger partial charge is 0.196 e. The maximum absolute atomic E-state index is 12.9. The zero-order valence-corrected chi connectivity index (χ0v) is 13.4. The van der Waals surface area contributed by atoms with Gasteiger partial charge in [0.1, 0.15) is 11.0 Å². The van der Waals surface area contributed by atoms with Gasteiger partial charge in [0.25, 0.3) is 0 Å². The van der Waals surface area contributed by atoms with Gasteiger partial charge < -0.3 is 5.32 Å². The van der Waals surface area contributed by atoms with E-state index < -0.39 is 0 Å². The molecule has 1 N–H and O–H groups in total. The Bertz CT molecular complexity index is 975.